The molecule has 2 aromatic carbocycles. The van der Waals surface area contributed by atoms with E-state index in [1.54, 1.807) is 13.0 Å². The van der Waals surface area contributed by atoms with E-state index in [1.165, 1.54) is 0 Å². The van der Waals surface area contributed by atoms with Crippen molar-refractivity contribution in [1.29, 1.82) is 0 Å². The van der Waals surface area contributed by atoms with Crippen molar-refractivity contribution in [2.45, 2.75) is 26.4 Å². The number of aromatic amines is 1. The molecule has 134 valence electrons. The quantitative estimate of drug-likeness (QED) is 0.612. The Morgan fingerprint density at radius 1 is 1.15 bits per heavy atom. The largest absolute Gasteiger partial charge is 0.481 e. The van der Waals surface area contributed by atoms with Crippen LogP contribution in [-0.2, 0) is 16.0 Å². The van der Waals surface area contributed by atoms with Crippen LogP contribution < -0.4 is 15.6 Å². The van der Waals surface area contributed by atoms with E-state index in [0.29, 0.717) is 11.6 Å². The van der Waals surface area contributed by atoms with Crippen molar-refractivity contribution in [3.63, 3.8) is 0 Å². The summed E-state index contributed by atoms with van der Waals surface area (Å²) in [5, 5.41) is 0. The minimum absolute atomic E-state index is 0.0298. The first-order valence-corrected chi connectivity index (χ1v) is 8.27. The molecule has 3 N–H and O–H groups in total. The monoisotopic (exact) mass is 352 g/mol. The Balaban J connectivity index is 1.49. The minimum atomic E-state index is -0.747. The highest BCUT2D eigenvalue weighted by Crippen LogP contribution is 2.14. The molecule has 0 saturated heterocycles. The van der Waals surface area contributed by atoms with Crippen LogP contribution in [0.25, 0.3) is 11.0 Å². The van der Waals surface area contributed by atoms with Gasteiger partial charge in [0.25, 0.3) is 5.91 Å². The molecule has 0 aliphatic carbocycles. The molecule has 0 radical (unpaired) electrons. The fourth-order valence-electron chi connectivity index (χ4n) is 2.46. The topological polar surface area (TPSA) is 96.1 Å². The summed E-state index contributed by atoms with van der Waals surface area (Å²) in [6.45, 7) is 3.55. The number of ether oxygens (including phenoxy) is 1. The number of H-pyrrole nitrogens is 1. The van der Waals surface area contributed by atoms with Crippen LogP contribution in [0.2, 0.25) is 0 Å². The van der Waals surface area contributed by atoms with Crippen LogP contribution in [0.3, 0.4) is 0 Å². The molecule has 0 bridgehead atoms. The van der Waals surface area contributed by atoms with Gasteiger partial charge < -0.3 is 9.72 Å². The number of rotatable bonds is 5. The highest BCUT2D eigenvalue weighted by atomic mass is 16.5. The lowest BCUT2D eigenvalue weighted by atomic mass is 10.2. The van der Waals surface area contributed by atoms with Crippen LogP contribution in [0.4, 0.5) is 0 Å². The third-order valence-corrected chi connectivity index (χ3v) is 3.76. The lowest BCUT2D eigenvalue weighted by molar-refractivity contribution is -0.132. The molecule has 1 atom stereocenters. The van der Waals surface area contributed by atoms with E-state index in [4.69, 9.17) is 4.74 Å². The van der Waals surface area contributed by atoms with Gasteiger partial charge in [-0.25, -0.2) is 4.98 Å². The highest BCUT2D eigenvalue weighted by molar-refractivity contribution is 5.85. The van der Waals surface area contributed by atoms with E-state index >= 15 is 0 Å². The summed E-state index contributed by atoms with van der Waals surface area (Å²) in [6.07, 6.45) is -0.717. The first-order chi connectivity index (χ1) is 12.5. The molecular weight excluding hydrogens is 332 g/mol. The van der Waals surface area contributed by atoms with Crippen molar-refractivity contribution in [3.8, 4) is 5.75 Å². The van der Waals surface area contributed by atoms with Crippen molar-refractivity contribution >= 4 is 22.8 Å². The molecule has 7 nitrogen and oxygen atoms in total. The van der Waals surface area contributed by atoms with Gasteiger partial charge in [0.05, 0.1) is 17.5 Å². The van der Waals surface area contributed by atoms with Gasteiger partial charge in [-0.05, 0) is 43.7 Å². The molecule has 1 aromatic heterocycles. The van der Waals surface area contributed by atoms with Gasteiger partial charge in [-0.2, -0.15) is 0 Å². The predicted octanol–water partition coefficient (Wildman–Crippen LogP) is 2.03. The maximum absolute atomic E-state index is 12.1. The van der Waals surface area contributed by atoms with Crippen molar-refractivity contribution in [2.24, 2.45) is 0 Å². The van der Waals surface area contributed by atoms with Crippen LogP contribution in [-0.4, -0.2) is 27.9 Å². The Morgan fingerprint density at radius 2 is 1.96 bits per heavy atom. The fraction of sp³-hybridized carbons (Fsp3) is 0.211. The molecule has 3 rings (SSSR count). The van der Waals surface area contributed by atoms with E-state index in [9.17, 15) is 9.59 Å². The number of nitrogens with zero attached hydrogens (tertiary/aromatic N) is 1. The molecule has 0 fully saturated rings. The maximum atomic E-state index is 12.1. The zero-order valence-electron chi connectivity index (χ0n) is 14.6. The van der Waals surface area contributed by atoms with E-state index in [0.717, 1.165) is 16.6 Å². The third kappa shape index (κ3) is 4.38. The van der Waals surface area contributed by atoms with Crippen molar-refractivity contribution in [2.75, 3.05) is 0 Å². The fourth-order valence-corrected chi connectivity index (χ4v) is 2.46. The summed E-state index contributed by atoms with van der Waals surface area (Å²) in [7, 11) is 0. The summed E-state index contributed by atoms with van der Waals surface area (Å²) < 4.78 is 5.57. The Bertz CT molecular complexity index is 902. The molecular formula is C19H20N4O3. The molecule has 0 unspecified atom stereocenters. The number of amides is 2. The molecule has 26 heavy (non-hydrogen) atoms. The summed E-state index contributed by atoms with van der Waals surface area (Å²) in [5.74, 6) is 0.313. The lowest BCUT2D eigenvalue weighted by Crippen LogP contribution is -2.47. The molecule has 0 aliphatic heterocycles. The summed E-state index contributed by atoms with van der Waals surface area (Å²) in [4.78, 5) is 31.4. The molecule has 1 heterocycles. The van der Waals surface area contributed by atoms with Gasteiger partial charge in [0.1, 0.15) is 11.6 Å². The minimum Gasteiger partial charge on any atom is -0.481 e. The van der Waals surface area contributed by atoms with Crippen molar-refractivity contribution < 1.29 is 14.3 Å². The number of hydrazine groups is 1. The third-order valence-electron chi connectivity index (χ3n) is 3.76. The number of hydrogen-bond acceptors (Lipinski definition) is 4. The van der Waals surface area contributed by atoms with E-state index in [1.807, 2.05) is 49.4 Å². The Kier molecular flexibility index (Phi) is 5.17. The van der Waals surface area contributed by atoms with Crippen LogP contribution in [0.1, 0.15) is 18.3 Å². The maximum Gasteiger partial charge on any atom is 0.279 e. The standard InChI is InChI=1S/C19H20N4O3/c1-12-6-5-7-14(10-12)26-13(2)19(25)23-22-18(24)11-17-20-15-8-3-4-9-16(15)21-17/h3-10,13H,11H2,1-2H3,(H,20,21)(H,22,24)(H,23,25)/t13-/m0/s1. The van der Waals surface area contributed by atoms with Crippen molar-refractivity contribution in [1.82, 2.24) is 20.8 Å². The number of para-hydroxylation sites is 2. The van der Waals surface area contributed by atoms with Gasteiger partial charge in [-0.3, -0.25) is 20.4 Å². The Labute approximate surface area is 150 Å². The van der Waals surface area contributed by atoms with E-state index in [2.05, 4.69) is 20.8 Å². The number of aryl methyl sites for hydroxylation is 1. The van der Waals surface area contributed by atoms with Gasteiger partial charge in [0.2, 0.25) is 5.91 Å². The smallest absolute Gasteiger partial charge is 0.279 e. The van der Waals surface area contributed by atoms with Crippen LogP contribution in [0.15, 0.2) is 48.5 Å². The van der Waals surface area contributed by atoms with Crippen molar-refractivity contribution in [3.05, 3.63) is 59.9 Å². The molecule has 2 amide bonds. The second-order valence-corrected chi connectivity index (χ2v) is 5.99. The van der Waals surface area contributed by atoms with Crippen LogP contribution in [0, 0.1) is 6.92 Å². The molecule has 0 spiro atoms. The SMILES string of the molecule is Cc1cccc(O[C@@H](C)C(=O)NNC(=O)Cc2nc3ccccc3[nH]2)c1. The first kappa shape index (κ1) is 17.5. The normalized spacial score (nSPS) is 11.8. The van der Waals surface area contributed by atoms with Gasteiger partial charge >= 0.3 is 0 Å². The number of nitrogens with one attached hydrogen (secondary N) is 3. The van der Waals surface area contributed by atoms with Gasteiger partial charge in [0.15, 0.2) is 6.10 Å². The van der Waals surface area contributed by atoms with Crippen LogP contribution >= 0.6 is 0 Å². The van der Waals surface area contributed by atoms with Gasteiger partial charge in [0, 0.05) is 0 Å². The number of carbonyl (C=O) groups excluding carboxylic acids is 2. The number of fused-ring (bicyclic) bond motifs is 1. The van der Waals surface area contributed by atoms with E-state index < -0.39 is 12.0 Å². The number of hydrogen-bond donors (Lipinski definition) is 3. The molecule has 3 aromatic rings. The van der Waals surface area contributed by atoms with E-state index in [-0.39, 0.29) is 12.3 Å². The lowest BCUT2D eigenvalue weighted by Gasteiger charge is -2.15. The highest BCUT2D eigenvalue weighted by Gasteiger charge is 2.16. The second kappa shape index (κ2) is 7.69. The number of aromatic nitrogens is 2. The Morgan fingerprint density at radius 3 is 2.73 bits per heavy atom. The van der Waals surface area contributed by atoms with Crippen LogP contribution in [0.5, 0.6) is 5.75 Å². The van der Waals surface area contributed by atoms with Gasteiger partial charge in [-0.1, -0.05) is 24.3 Å². The molecule has 0 aliphatic rings. The molecule has 7 heteroatoms. The summed E-state index contributed by atoms with van der Waals surface area (Å²) >= 11 is 0. The zero-order valence-corrected chi connectivity index (χ0v) is 14.6. The zero-order chi connectivity index (χ0) is 18.5. The second-order valence-electron chi connectivity index (χ2n) is 5.99. The number of carbonyl (C=O) groups is 2. The van der Waals surface area contributed by atoms with Gasteiger partial charge in [-0.15, -0.1) is 0 Å². The first-order valence-electron chi connectivity index (χ1n) is 8.27. The average molecular weight is 352 g/mol. The predicted molar refractivity (Wildman–Crippen MR) is 97.4 cm³/mol. The Hall–Kier alpha value is -3.35. The summed E-state index contributed by atoms with van der Waals surface area (Å²) in [5.41, 5.74) is 7.43. The average Bonchev–Trinajstić information content (AvgIpc) is 3.01. The summed E-state index contributed by atoms with van der Waals surface area (Å²) in [6, 6.07) is 14.9. The number of benzene rings is 2. The number of imidazole rings is 1. The molecule has 0 saturated carbocycles.